The Morgan fingerprint density at radius 3 is 1.90 bits per heavy atom. The third-order valence-electron chi connectivity index (χ3n) is 9.40. The van der Waals surface area contributed by atoms with Gasteiger partial charge in [0.05, 0.1) is 27.8 Å². The van der Waals surface area contributed by atoms with E-state index in [9.17, 15) is 0 Å². The van der Waals surface area contributed by atoms with E-state index in [4.69, 9.17) is 0 Å². The highest BCUT2D eigenvalue weighted by Gasteiger charge is 2.53. The molecular weight excluding hydrogens is 508 g/mol. The third-order valence-corrected chi connectivity index (χ3v) is 10.4. The minimum atomic E-state index is 0.284. The molecule has 4 fully saturated rings. The number of hydrogen-bond donors (Lipinski definition) is 0. The number of nitrogens with zero attached hydrogens (tertiary/aromatic N) is 4. The monoisotopic (exact) mass is 540 g/mol. The maximum atomic E-state index is 4.69. The van der Waals surface area contributed by atoms with Crippen LogP contribution in [0.4, 0.5) is 0 Å². The summed E-state index contributed by atoms with van der Waals surface area (Å²) >= 11 is 1.72. The Morgan fingerprint density at radius 2 is 1.27 bits per heavy atom. The van der Waals surface area contributed by atoms with E-state index in [2.05, 4.69) is 117 Å². The Balaban J connectivity index is 0.955. The fourth-order valence-electron chi connectivity index (χ4n) is 7.98. The first-order valence-electron chi connectivity index (χ1n) is 14.5. The van der Waals surface area contributed by atoms with E-state index >= 15 is 0 Å². The van der Waals surface area contributed by atoms with Gasteiger partial charge in [-0.1, -0.05) is 72.0 Å². The molecular formula is C35H32N4S. The first kappa shape index (κ1) is 24.0. The summed E-state index contributed by atoms with van der Waals surface area (Å²) in [5, 5.41) is 9.98. The van der Waals surface area contributed by atoms with Crippen LogP contribution in [-0.4, -0.2) is 20.0 Å². The van der Waals surface area contributed by atoms with Crippen molar-refractivity contribution in [2.75, 3.05) is 0 Å². The molecule has 0 amide bonds. The van der Waals surface area contributed by atoms with Crippen LogP contribution in [0.3, 0.4) is 0 Å². The van der Waals surface area contributed by atoms with Gasteiger partial charge in [-0.15, -0.1) is 16.4 Å². The predicted octanol–water partition coefficient (Wildman–Crippen LogP) is 8.69. The molecule has 0 aliphatic heterocycles. The molecule has 0 N–H and O–H groups in total. The average molecular weight is 541 g/mol. The molecule has 4 aliphatic carbocycles. The molecule has 0 atom stereocenters. The number of benzene rings is 3. The van der Waals surface area contributed by atoms with E-state index in [1.54, 1.807) is 11.3 Å². The van der Waals surface area contributed by atoms with Crippen LogP contribution >= 0.6 is 11.3 Å². The summed E-state index contributed by atoms with van der Waals surface area (Å²) < 4.78 is 3.35. The maximum absolute atomic E-state index is 4.69. The van der Waals surface area contributed by atoms with Crippen molar-refractivity contribution in [3.63, 3.8) is 0 Å². The molecule has 4 bridgehead atoms. The lowest BCUT2D eigenvalue weighted by atomic mass is 9.49. The van der Waals surface area contributed by atoms with Crippen LogP contribution in [0.25, 0.3) is 40.2 Å². The van der Waals surface area contributed by atoms with Crippen LogP contribution in [0.15, 0.2) is 79.0 Å². The Hall–Kier alpha value is -3.83. The quantitative estimate of drug-likeness (QED) is 0.202. The minimum Gasteiger partial charge on any atom is -0.237 e. The van der Waals surface area contributed by atoms with Crippen molar-refractivity contribution in [3.05, 3.63) is 106 Å². The topological polar surface area (TPSA) is 43.6 Å². The van der Waals surface area contributed by atoms with E-state index < -0.39 is 0 Å². The molecule has 5 aromatic rings. The summed E-state index contributed by atoms with van der Waals surface area (Å²) in [5.41, 5.74) is 7.33. The zero-order valence-electron chi connectivity index (χ0n) is 22.5. The normalized spacial score (nSPS) is 25.6. The summed E-state index contributed by atoms with van der Waals surface area (Å²) in [6.07, 6.45) is 19.0. The third kappa shape index (κ3) is 4.43. The summed E-state index contributed by atoms with van der Waals surface area (Å²) in [7, 11) is 0. The van der Waals surface area contributed by atoms with Gasteiger partial charge in [-0.05, 0) is 103 Å². The van der Waals surface area contributed by atoms with E-state index in [1.807, 2.05) is 6.07 Å². The van der Waals surface area contributed by atoms with Crippen molar-refractivity contribution in [1.29, 1.82) is 0 Å². The molecule has 4 aliphatic rings. The molecule has 5 heteroatoms. The van der Waals surface area contributed by atoms with Gasteiger partial charge in [0, 0.05) is 5.41 Å². The van der Waals surface area contributed by atoms with Crippen LogP contribution in [0.1, 0.15) is 65.9 Å². The standard InChI is InChI=1S/C35H32N4S/c1-2-4-32-31(3-1)37-34(40-32)16-13-25-8-5-24(6-9-25)7-10-26-11-14-30(15-12-26)39-33(23-36-38-39)35-20-27-17-28(21-35)19-29(18-27)22-35/h1-16,23,27-29H,17-22H2. The van der Waals surface area contributed by atoms with Crippen LogP contribution in [0, 0.1) is 17.8 Å². The molecule has 198 valence electrons. The fourth-order valence-corrected chi connectivity index (χ4v) is 8.85. The molecule has 2 heterocycles. The first-order chi connectivity index (χ1) is 19.7. The fraction of sp³-hybridized carbons (Fsp3) is 0.286. The zero-order chi connectivity index (χ0) is 26.5. The van der Waals surface area contributed by atoms with Crippen LogP contribution in [-0.2, 0) is 5.41 Å². The molecule has 9 rings (SSSR count). The summed E-state index contributed by atoms with van der Waals surface area (Å²) in [5.74, 6) is 2.72. The molecule has 4 nitrogen and oxygen atoms in total. The second kappa shape index (κ2) is 9.67. The number of para-hydroxylation sites is 1. The second-order valence-corrected chi connectivity index (χ2v) is 13.2. The molecule has 40 heavy (non-hydrogen) atoms. The maximum Gasteiger partial charge on any atom is 0.117 e. The Kier molecular flexibility index (Phi) is 5.80. The van der Waals surface area contributed by atoms with Gasteiger partial charge in [0.2, 0.25) is 0 Å². The molecule has 2 aromatic heterocycles. The number of aromatic nitrogens is 4. The lowest BCUT2D eigenvalue weighted by Crippen LogP contribution is -2.49. The summed E-state index contributed by atoms with van der Waals surface area (Å²) in [6.45, 7) is 0. The zero-order valence-corrected chi connectivity index (χ0v) is 23.3. The van der Waals surface area contributed by atoms with Crippen molar-refractivity contribution >= 4 is 45.9 Å². The number of thiazole rings is 1. The molecule has 0 radical (unpaired) electrons. The van der Waals surface area contributed by atoms with Crippen LogP contribution in [0.2, 0.25) is 0 Å². The smallest absolute Gasteiger partial charge is 0.117 e. The SMILES string of the molecule is C(=Cc1ccc(-n2nncc2C23CC4CC(CC(C4)C2)C3)cc1)c1ccc(C=Cc2nc3ccccc3s2)cc1. The van der Waals surface area contributed by atoms with Crippen molar-refractivity contribution in [2.24, 2.45) is 17.8 Å². The predicted molar refractivity (Wildman–Crippen MR) is 165 cm³/mol. The van der Waals surface area contributed by atoms with E-state index in [0.717, 1.165) is 34.0 Å². The lowest BCUT2D eigenvalue weighted by Gasteiger charge is -2.56. The lowest BCUT2D eigenvalue weighted by molar-refractivity contribution is -0.00828. The first-order valence-corrected chi connectivity index (χ1v) is 15.3. The molecule has 0 unspecified atom stereocenters. The largest absolute Gasteiger partial charge is 0.237 e. The minimum absolute atomic E-state index is 0.284. The van der Waals surface area contributed by atoms with Gasteiger partial charge in [-0.25, -0.2) is 9.67 Å². The van der Waals surface area contributed by atoms with Crippen molar-refractivity contribution in [1.82, 2.24) is 20.0 Å². The van der Waals surface area contributed by atoms with E-state index in [1.165, 1.54) is 65.6 Å². The summed E-state index contributed by atoms with van der Waals surface area (Å²) in [4.78, 5) is 4.69. The number of hydrogen-bond acceptors (Lipinski definition) is 4. The van der Waals surface area contributed by atoms with Gasteiger partial charge in [0.15, 0.2) is 0 Å². The number of rotatable bonds is 6. The molecule has 0 spiro atoms. The Morgan fingerprint density at radius 1 is 0.700 bits per heavy atom. The van der Waals surface area contributed by atoms with Gasteiger partial charge in [0.1, 0.15) is 5.01 Å². The van der Waals surface area contributed by atoms with Gasteiger partial charge in [-0.2, -0.15) is 0 Å². The van der Waals surface area contributed by atoms with Gasteiger partial charge in [-0.3, -0.25) is 0 Å². The van der Waals surface area contributed by atoms with Gasteiger partial charge < -0.3 is 0 Å². The van der Waals surface area contributed by atoms with E-state index in [0.29, 0.717) is 0 Å². The van der Waals surface area contributed by atoms with Crippen LogP contribution in [0.5, 0.6) is 0 Å². The van der Waals surface area contributed by atoms with Crippen molar-refractivity contribution in [3.8, 4) is 5.69 Å². The molecule has 0 saturated heterocycles. The highest BCUT2D eigenvalue weighted by Crippen LogP contribution is 2.60. The van der Waals surface area contributed by atoms with Crippen molar-refractivity contribution < 1.29 is 0 Å². The molecule has 4 saturated carbocycles. The van der Waals surface area contributed by atoms with Crippen molar-refractivity contribution in [2.45, 2.75) is 43.9 Å². The Labute approximate surface area is 239 Å². The highest BCUT2D eigenvalue weighted by molar-refractivity contribution is 7.19. The average Bonchev–Trinajstić information content (AvgIpc) is 3.63. The highest BCUT2D eigenvalue weighted by atomic mass is 32.1. The van der Waals surface area contributed by atoms with Gasteiger partial charge >= 0.3 is 0 Å². The Bertz CT molecular complexity index is 1650. The number of fused-ring (bicyclic) bond motifs is 1. The summed E-state index contributed by atoms with van der Waals surface area (Å²) in [6, 6.07) is 25.7. The van der Waals surface area contributed by atoms with Crippen LogP contribution < -0.4 is 0 Å². The molecule has 3 aromatic carbocycles. The second-order valence-electron chi connectivity index (χ2n) is 12.2. The van der Waals surface area contributed by atoms with E-state index in [-0.39, 0.29) is 5.41 Å². The van der Waals surface area contributed by atoms with Gasteiger partial charge in [0.25, 0.3) is 0 Å².